The fourth-order valence-corrected chi connectivity index (χ4v) is 3.10. The van der Waals surface area contributed by atoms with E-state index in [1.807, 2.05) is 0 Å². The number of carbonyl (C=O) groups is 2. The molecule has 1 amide bonds. The Balaban J connectivity index is 1.72. The molecule has 0 bridgehead atoms. The Morgan fingerprint density at radius 1 is 0.933 bits per heavy atom. The molecule has 30 heavy (non-hydrogen) atoms. The molecule has 0 aromatic heterocycles. The van der Waals surface area contributed by atoms with Crippen molar-refractivity contribution in [2.24, 2.45) is 0 Å². The van der Waals surface area contributed by atoms with Gasteiger partial charge in [-0.05, 0) is 28.8 Å². The highest BCUT2D eigenvalue weighted by atomic mass is 19.1. The van der Waals surface area contributed by atoms with Gasteiger partial charge in [-0.2, -0.15) is 0 Å². The Morgan fingerprint density at radius 3 is 2.03 bits per heavy atom. The predicted octanol–water partition coefficient (Wildman–Crippen LogP) is 3.26. The highest BCUT2D eigenvalue weighted by Gasteiger charge is 2.41. The van der Waals surface area contributed by atoms with Crippen LogP contribution in [-0.2, 0) is 26.5 Å². The number of amides is 1. The number of hydrogen-bond donors (Lipinski definition) is 1. The maximum absolute atomic E-state index is 13.3. The molecule has 0 aliphatic heterocycles. The van der Waals surface area contributed by atoms with Crippen molar-refractivity contribution in [3.63, 3.8) is 0 Å². The van der Waals surface area contributed by atoms with E-state index in [-0.39, 0.29) is 6.54 Å². The Kier molecular flexibility index (Phi) is 6.59. The number of esters is 1. The molecule has 0 aliphatic carbocycles. The zero-order chi connectivity index (χ0) is 21.6. The summed E-state index contributed by atoms with van der Waals surface area (Å²) in [4.78, 5) is 26.6. The molecule has 0 unspecified atom stereocenters. The van der Waals surface area contributed by atoms with E-state index in [1.54, 1.807) is 72.8 Å². The molecule has 0 saturated heterocycles. The third kappa shape index (κ3) is 4.72. The number of hydrogen-bond acceptors (Lipinski definition) is 4. The van der Waals surface area contributed by atoms with Gasteiger partial charge in [0.05, 0.1) is 0 Å². The maximum atomic E-state index is 13.3. The molecule has 154 valence electrons. The van der Waals surface area contributed by atoms with E-state index in [0.29, 0.717) is 16.7 Å². The van der Waals surface area contributed by atoms with Crippen LogP contribution in [0.4, 0.5) is 4.39 Å². The first-order valence-corrected chi connectivity index (χ1v) is 9.40. The smallest absolute Gasteiger partial charge is 0.348 e. The van der Waals surface area contributed by atoms with E-state index in [4.69, 9.17) is 4.74 Å². The molecule has 3 rings (SSSR count). The first-order valence-electron chi connectivity index (χ1n) is 9.40. The van der Waals surface area contributed by atoms with Gasteiger partial charge in [0.15, 0.2) is 6.61 Å². The van der Waals surface area contributed by atoms with Crippen molar-refractivity contribution in [3.05, 3.63) is 107 Å². The maximum Gasteiger partial charge on any atom is 0.348 e. The minimum absolute atomic E-state index is 0.162. The summed E-state index contributed by atoms with van der Waals surface area (Å²) in [7, 11) is 1.53. The van der Waals surface area contributed by atoms with Crippen molar-refractivity contribution >= 4 is 11.9 Å². The molecule has 0 heterocycles. The lowest BCUT2D eigenvalue weighted by Gasteiger charge is -2.27. The monoisotopic (exact) mass is 407 g/mol. The second-order valence-electron chi connectivity index (χ2n) is 6.90. The first-order chi connectivity index (χ1) is 14.4. The zero-order valence-corrected chi connectivity index (χ0v) is 16.5. The SMILES string of the molecule is CN(Cc1cccc(F)c1)C(=O)COC(=O)C(O)(c1ccccc1)c1ccccc1. The summed E-state index contributed by atoms with van der Waals surface area (Å²) in [5.74, 6) is -1.82. The predicted molar refractivity (Wildman–Crippen MR) is 110 cm³/mol. The molecule has 0 spiro atoms. The van der Waals surface area contributed by atoms with Gasteiger partial charge in [0.1, 0.15) is 5.82 Å². The van der Waals surface area contributed by atoms with Gasteiger partial charge in [-0.1, -0.05) is 72.8 Å². The number of nitrogens with zero attached hydrogens (tertiary/aromatic N) is 1. The summed E-state index contributed by atoms with van der Waals surface area (Å²) < 4.78 is 18.5. The molecule has 0 radical (unpaired) electrons. The molecular weight excluding hydrogens is 385 g/mol. The number of aliphatic hydroxyl groups is 1. The summed E-state index contributed by atoms with van der Waals surface area (Å²) in [5.41, 5.74) is -0.769. The number of rotatable bonds is 7. The van der Waals surface area contributed by atoms with Gasteiger partial charge < -0.3 is 14.7 Å². The minimum atomic E-state index is -2.05. The fourth-order valence-electron chi connectivity index (χ4n) is 3.10. The lowest BCUT2D eigenvalue weighted by molar-refractivity contribution is -0.166. The molecule has 0 aliphatic rings. The van der Waals surface area contributed by atoms with Gasteiger partial charge in [-0.15, -0.1) is 0 Å². The average Bonchev–Trinajstić information content (AvgIpc) is 2.77. The summed E-state index contributed by atoms with van der Waals surface area (Å²) in [6, 6.07) is 22.7. The van der Waals surface area contributed by atoms with E-state index in [0.717, 1.165) is 0 Å². The van der Waals surface area contributed by atoms with Gasteiger partial charge in [0.2, 0.25) is 5.60 Å². The van der Waals surface area contributed by atoms with Gasteiger partial charge in [-0.25, -0.2) is 9.18 Å². The Hall–Kier alpha value is -3.51. The average molecular weight is 407 g/mol. The molecule has 3 aromatic carbocycles. The van der Waals surface area contributed by atoms with Crippen LogP contribution in [0, 0.1) is 5.82 Å². The van der Waals surface area contributed by atoms with Crippen LogP contribution in [0.25, 0.3) is 0 Å². The van der Waals surface area contributed by atoms with Crippen LogP contribution in [0.5, 0.6) is 0 Å². The normalized spacial score (nSPS) is 11.0. The summed E-state index contributed by atoms with van der Waals surface area (Å²) >= 11 is 0. The first kappa shape index (κ1) is 21.2. The Morgan fingerprint density at radius 2 is 1.50 bits per heavy atom. The van der Waals surface area contributed by atoms with E-state index in [1.165, 1.54) is 24.1 Å². The fraction of sp³-hybridized carbons (Fsp3) is 0.167. The molecule has 6 heteroatoms. The summed E-state index contributed by atoms with van der Waals surface area (Å²) in [6.07, 6.45) is 0. The summed E-state index contributed by atoms with van der Waals surface area (Å²) in [5, 5.41) is 11.3. The van der Waals surface area contributed by atoms with Crippen LogP contribution in [0.2, 0.25) is 0 Å². The summed E-state index contributed by atoms with van der Waals surface area (Å²) in [6.45, 7) is -0.386. The standard InChI is InChI=1S/C24H22FNO4/c1-26(16-18-9-8-14-21(25)15-18)22(27)17-30-23(28)24(29,19-10-4-2-5-11-19)20-12-6-3-7-13-20/h2-15,29H,16-17H2,1H3. The number of ether oxygens (including phenoxy) is 1. The van der Waals surface area contributed by atoms with Crippen molar-refractivity contribution < 1.29 is 23.8 Å². The quantitative estimate of drug-likeness (QED) is 0.611. The highest BCUT2D eigenvalue weighted by Crippen LogP contribution is 2.31. The number of carbonyl (C=O) groups excluding carboxylic acids is 2. The molecule has 0 atom stereocenters. The van der Waals surface area contributed by atoms with Crippen LogP contribution in [0.1, 0.15) is 16.7 Å². The van der Waals surface area contributed by atoms with Crippen LogP contribution in [0.15, 0.2) is 84.9 Å². The number of benzene rings is 3. The van der Waals surface area contributed by atoms with Crippen LogP contribution in [-0.4, -0.2) is 35.5 Å². The van der Waals surface area contributed by atoms with E-state index >= 15 is 0 Å². The molecule has 5 nitrogen and oxygen atoms in total. The van der Waals surface area contributed by atoms with Gasteiger partial charge in [0.25, 0.3) is 5.91 Å². The third-order valence-corrected chi connectivity index (χ3v) is 4.74. The Labute approximate surface area is 174 Å². The molecule has 1 N–H and O–H groups in total. The van der Waals surface area contributed by atoms with Gasteiger partial charge in [-0.3, -0.25) is 4.79 Å². The van der Waals surface area contributed by atoms with Crippen molar-refractivity contribution in [3.8, 4) is 0 Å². The molecule has 0 saturated carbocycles. The molecule has 3 aromatic rings. The minimum Gasteiger partial charge on any atom is -0.453 e. The topological polar surface area (TPSA) is 66.8 Å². The molecule has 0 fully saturated rings. The zero-order valence-electron chi connectivity index (χ0n) is 16.5. The number of halogens is 1. The van der Waals surface area contributed by atoms with Crippen molar-refractivity contribution in [2.45, 2.75) is 12.1 Å². The van der Waals surface area contributed by atoms with Crippen LogP contribution >= 0.6 is 0 Å². The van der Waals surface area contributed by atoms with Gasteiger partial charge >= 0.3 is 5.97 Å². The van der Waals surface area contributed by atoms with Crippen LogP contribution in [0.3, 0.4) is 0 Å². The largest absolute Gasteiger partial charge is 0.453 e. The second kappa shape index (κ2) is 9.33. The third-order valence-electron chi connectivity index (χ3n) is 4.74. The number of likely N-dealkylation sites (N-methyl/N-ethyl adjacent to an activating group) is 1. The highest BCUT2D eigenvalue weighted by molar-refractivity contribution is 5.88. The molecular formula is C24H22FNO4. The van der Waals surface area contributed by atoms with Gasteiger partial charge in [0, 0.05) is 13.6 Å². The van der Waals surface area contributed by atoms with E-state index in [9.17, 15) is 19.1 Å². The van der Waals surface area contributed by atoms with Crippen LogP contribution < -0.4 is 0 Å². The van der Waals surface area contributed by atoms with Crippen molar-refractivity contribution in [2.75, 3.05) is 13.7 Å². The van der Waals surface area contributed by atoms with Crippen molar-refractivity contribution in [1.29, 1.82) is 0 Å². The van der Waals surface area contributed by atoms with E-state index < -0.39 is 29.9 Å². The second-order valence-corrected chi connectivity index (χ2v) is 6.90. The Bertz CT molecular complexity index is 968. The lowest BCUT2D eigenvalue weighted by atomic mass is 9.86. The van der Waals surface area contributed by atoms with Crippen molar-refractivity contribution in [1.82, 2.24) is 4.90 Å². The van der Waals surface area contributed by atoms with E-state index in [2.05, 4.69) is 0 Å². The lowest BCUT2D eigenvalue weighted by Crippen LogP contribution is -2.40.